The molecule has 1 aliphatic carbocycles. The molecule has 0 bridgehead atoms. The summed E-state index contributed by atoms with van der Waals surface area (Å²) in [4.78, 5) is 5.14. The molecule has 4 heteroatoms. The summed E-state index contributed by atoms with van der Waals surface area (Å²) in [7, 11) is 0. The van der Waals surface area contributed by atoms with Crippen LogP contribution in [0.3, 0.4) is 0 Å². The van der Waals surface area contributed by atoms with Crippen molar-refractivity contribution in [3.8, 4) is 0 Å². The van der Waals surface area contributed by atoms with E-state index in [0.29, 0.717) is 17.2 Å². The van der Waals surface area contributed by atoms with Gasteiger partial charge < -0.3 is 4.74 Å². The molecule has 1 aromatic heterocycles. The molecule has 16 heavy (non-hydrogen) atoms. The topological polar surface area (TPSA) is 22.1 Å². The average Bonchev–Trinajstić information content (AvgIpc) is 2.60. The predicted molar refractivity (Wildman–Crippen MR) is 67.9 cm³/mol. The van der Waals surface area contributed by atoms with Crippen molar-refractivity contribution < 1.29 is 4.74 Å². The first-order valence-corrected chi connectivity index (χ1v) is 7.04. The van der Waals surface area contributed by atoms with Gasteiger partial charge in [-0.1, -0.05) is 25.4 Å². The summed E-state index contributed by atoms with van der Waals surface area (Å²) in [5.41, 5.74) is 0. The van der Waals surface area contributed by atoms with E-state index in [-0.39, 0.29) is 0 Å². The van der Waals surface area contributed by atoms with Crippen LogP contribution in [0, 0.1) is 11.8 Å². The van der Waals surface area contributed by atoms with Crippen LogP contribution < -0.4 is 0 Å². The van der Waals surface area contributed by atoms with E-state index in [4.69, 9.17) is 16.3 Å². The average molecular weight is 260 g/mol. The highest BCUT2D eigenvalue weighted by Gasteiger charge is 2.24. The van der Waals surface area contributed by atoms with Crippen molar-refractivity contribution in [3.05, 3.63) is 15.5 Å². The van der Waals surface area contributed by atoms with Crippen LogP contribution in [-0.2, 0) is 11.3 Å². The maximum Gasteiger partial charge on any atom is 0.183 e. The number of thiazole rings is 1. The van der Waals surface area contributed by atoms with Gasteiger partial charge in [-0.25, -0.2) is 4.98 Å². The Bertz CT molecular complexity index is 332. The second-order valence-electron chi connectivity index (χ2n) is 4.93. The van der Waals surface area contributed by atoms with Crippen LogP contribution in [0.25, 0.3) is 0 Å². The Morgan fingerprint density at radius 1 is 1.38 bits per heavy atom. The van der Waals surface area contributed by atoms with E-state index in [1.165, 1.54) is 30.6 Å². The van der Waals surface area contributed by atoms with Crippen LogP contribution >= 0.6 is 22.9 Å². The van der Waals surface area contributed by atoms with Gasteiger partial charge >= 0.3 is 0 Å². The van der Waals surface area contributed by atoms with Crippen molar-refractivity contribution in [2.75, 3.05) is 0 Å². The van der Waals surface area contributed by atoms with Crippen LogP contribution in [0.2, 0.25) is 4.47 Å². The van der Waals surface area contributed by atoms with E-state index in [2.05, 4.69) is 18.8 Å². The van der Waals surface area contributed by atoms with E-state index in [0.717, 1.165) is 16.7 Å². The van der Waals surface area contributed by atoms with E-state index >= 15 is 0 Å². The zero-order valence-electron chi connectivity index (χ0n) is 9.78. The first-order chi connectivity index (χ1) is 7.63. The number of rotatable bonds is 3. The SMILES string of the molecule is CC1CC(C)CC(OCc2cnc(Cl)s2)C1. The summed E-state index contributed by atoms with van der Waals surface area (Å²) < 4.78 is 6.54. The summed E-state index contributed by atoms with van der Waals surface area (Å²) in [6.07, 6.45) is 5.95. The Balaban J connectivity index is 1.81. The molecule has 0 saturated heterocycles. The summed E-state index contributed by atoms with van der Waals surface area (Å²) in [6, 6.07) is 0. The van der Waals surface area contributed by atoms with Crippen molar-refractivity contribution >= 4 is 22.9 Å². The highest BCUT2D eigenvalue weighted by Crippen LogP contribution is 2.31. The lowest BCUT2D eigenvalue weighted by molar-refractivity contribution is -0.00809. The van der Waals surface area contributed by atoms with E-state index in [1.54, 1.807) is 0 Å². The summed E-state index contributed by atoms with van der Waals surface area (Å²) in [5, 5.41) is 0. The Morgan fingerprint density at radius 3 is 2.62 bits per heavy atom. The molecular formula is C12H18ClNOS. The van der Waals surface area contributed by atoms with Crippen molar-refractivity contribution in [1.82, 2.24) is 4.98 Å². The molecular weight excluding hydrogens is 242 g/mol. The van der Waals surface area contributed by atoms with Crippen LogP contribution in [0.4, 0.5) is 0 Å². The molecule has 2 atom stereocenters. The molecule has 1 fully saturated rings. The van der Waals surface area contributed by atoms with Gasteiger partial charge in [-0.05, 0) is 31.1 Å². The van der Waals surface area contributed by atoms with Gasteiger partial charge in [0, 0.05) is 6.20 Å². The Labute approximate surface area is 106 Å². The van der Waals surface area contributed by atoms with Crippen molar-refractivity contribution in [2.45, 2.75) is 45.8 Å². The third-order valence-electron chi connectivity index (χ3n) is 3.12. The minimum absolute atomic E-state index is 0.416. The molecule has 1 heterocycles. The molecule has 0 spiro atoms. The highest BCUT2D eigenvalue weighted by molar-refractivity contribution is 7.15. The molecule has 1 aliphatic rings. The smallest absolute Gasteiger partial charge is 0.183 e. The lowest BCUT2D eigenvalue weighted by Crippen LogP contribution is -2.26. The number of halogens is 1. The number of aromatic nitrogens is 1. The predicted octanol–water partition coefficient (Wildman–Crippen LogP) is 4.14. The maximum atomic E-state index is 5.93. The zero-order chi connectivity index (χ0) is 11.5. The molecule has 2 unspecified atom stereocenters. The van der Waals surface area contributed by atoms with Gasteiger partial charge in [-0.2, -0.15) is 0 Å². The number of ether oxygens (including phenoxy) is 1. The van der Waals surface area contributed by atoms with Crippen LogP contribution in [0.5, 0.6) is 0 Å². The van der Waals surface area contributed by atoms with Crippen LogP contribution in [0.1, 0.15) is 38.0 Å². The molecule has 0 N–H and O–H groups in total. The monoisotopic (exact) mass is 259 g/mol. The fourth-order valence-corrected chi connectivity index (χ4v) is 3.46. The van der Waals surface area contributed by atoms with Gasteiger partial charge in [-0.3, -0.25) is 0 Å². The van der Waals surface area contributed by atoms with Crippen molar-refractivity contribution in [3.63, 3.8) is 0 Å². The quantitative estimate of drug-likeness (QED) is 0.814. The second-order valence-corrected chi connectivity index (χ2v) is 6.63. The van der Waals surface area contributed by atoms with E-state index < -0.39 is 0 Å². The molecule has 2 rings (SSSR count). The fraction of sp³-hybridized carbons (Fsp3) is 0.750. The Hall–Kier alpha value is -0.120. The zero-order valence-corrected chi connectivity index (χ0v) is 11.4. The molecule has 0 aromatic carbocycles. The second kappa shape index (κ2) is 5.48. The van der Waals surface area contributed by atoms with E-state index in [9.17, 15) is 0 Å². The van der Waals surface area contributed by atoms with Gasteiger partial charge in [0.15, 0.2) is 4.47 Å². The number of hydrogen-bond donors (Lipinski definition) is 0. The minimum Gasteiger partial charge on any atom is -0.373 e. The first kappa shape index (κ1) is 12.3. The standard InChI is InChI=1S/C12H18ClNOS/c1-8-3-9(2)5-10(4-8)15-7-11-6-14-12(13)16-11/h6,8-10H,3-5,7H2,1-2H3. The Morgan fingerprint density at radius 2 is 2.06 bits per heavy atom. The Kier molecular flexibility index (Phi) is 4.22. The summed E-state index contributed by atoms with van der Waals surface area (Å²) in [5.74, 6) is 1.58. The van der Waals surface area contributed by atoms with Gasteiger partial charge in [0.2, 0.25) is 0 Å². The molecule has 0 radical (unpaired) electrons. The molecule has 1 aromatic rings. The number of nitrogens with zero attached hydrogens (tertiary/aromatic N) is 1. The molecule has 0 aliphatic heterocycles. The maximum absolute atomic E-state index is 5.93. The van der Waals surface area contributed by atoms with Gasteiger partial charge in [-0.15, -0.1) is 11.3 Å². The van der Waals surface area contributed by atoms with Crippen LogP contribution in [-0.4, -0.2) is 11.1 Å². The molecule has 2 nitrogen and oxygen atoms in total. The lowest BCUT2D eigenvalue weighted by Gasteiger charge is -2.31. The highest BCUT2D eigenvalue weighted by atomic mass is 35.5. The van der Waals surface area contributed by atoms with Gasteiger partial charge in [0.05, 0.1) is 17.6 Å². The fourth-order valence-electron chi connectivity index (χ4n) is 2.56. The molecule has 0 amide bonds. The first-order valence-electron chi connectivity index (χ1n) is 5.85. The largest absolute Gasteiger partial charge is 0.373 e. The minimum atomic E-state index is 0.416. The summed E-state index contributed by atoms with van der Waals surface area (Å²) >= 11 is 7.29. The van der Waals surface area contributed by atoms with Crippen molar-refractivity contribution in [2.24, 2.45) is 11.8 Å². The molecule has 1 saturated carbocycles. The molecule has 90 valence electrons. The van der Waals surface area contributed by atoms with Gasteiger partial charge in [0.25, 0.3) is 0 Å². The summed E-state index contributed by atoms with van der Waals surface area (Å²) in [6.45, 7) is 5.29. The third-order valence-corrected chi connectivity index (χ3v) is 4.21. The van der Waals surface area contributed by atoms with Gasteiger partial charge in [0.1, 0.15) is 0 Å². The normalized spacial score (nSPS) is 30.6. The van der Waals surface area contributed by atoms with Crippen molar-refractivity contribution in [1.29, 1.82) is 0 Å². The van der Waals surface area contributed by atoms with E-state index in [1.807, 2.05) is 6.20 Å². The number of hydrogen-bond acceptors (Lipinski definition) is 3. The van der Waals surface area contributed by atoms with Crippen LogP contribution in [0.15, 0.2) is 6.20 Å². The lowest BCUT2D eigenvalue weighted by atomic mass is 9.82. The third kappa shape index (κ3) is 3.44.